The monoisotopic (exact) mass is 284 g/mol. The van der Waals surface area contributed by atoms with Crippen molar-refractivity contribution >= 4 is 11.9 Å². The van der Waals surface area contributed by atoms with Gasteiger partial charge in [0, 0.05) is 12.6 Å². The molecule has 1 aliphatic carbocycles. The fraction of sp³-hybridized carbons (Fsp3) is 0.867. The summed E-state index contributed by atoms with van der Waals surface area (Å²) in [5, 5.41) is 11.9. The molecule has 1 amide bonds. The first-order valence-electron chi connectivity index (χ1n) is 7.65. The van der Waals surface area contributed by atoms with Crippen LogP contribution in [0.1, 0.15) is 58.8 Å². The minimum Gasteiger partial charge on any atom is -0.481 e. The zero-order valence-corrected chi connectivity index (χ0v) is 12.7. The maximum Gasteiger partial charge on any atom is 0.306 e. The van der Waals surface area contributed by atoms with Crippen LogP contribution in [-0.4, -0.2) is 29.6 Å². The van der Waals surface area contributed by atoms with Crippen molar-refractivity contribution in [3.8, 4) is 0 Å². The predicted octanol–water partition coefficient (Wildman–Crippen LogP) is 1.90. The Morgan fingerprint density at radius 1 is 1.25 bits per heavy atom. The average Bonchev–Trinajstić information content (AvgIpc) is 2.88. The van der Waals surface area contributed by atoms with E-state index in [1.54, 1.807) is 6.92 Å². The summed E-state index contributed by atoms with van der Waals surface area (Å²) in [6.45, 7) is 4.11. The summed E-state index contributed by atoms with van der Waals surface area (Å²) in [6.07, 6.45) is 6.20. The molecule has 2 atom stereocenters. The van der Waals surface area contributed by atoms with Gasteiger partial charge < -0.3 is 16.2 Å². The van der Waals surface area contributed by atoms with Gasteiger partial charge in [0.25, 0.3) is 0 Å². The van der Waals surface area contributed by atoms with Crippen LogP contribution in [-0.2, 0) is 9.59 Å². The molecule has 4 N–H and O–H groups in total. The summed E-state index contributed by atoms with van der Waals surface area (Å²) in [7, 11) is 0. The number of nitrogens with two attached hydrogens (primary N) is 1. The third kappa shape index (κ3) is 4.47. The van der Waals surface area contributed by atoms with Gasteiger partial charge >= 0.3 is 5.97 Å². The number of hydrogen-bond donors (Lipinski definition) is 3. The lowest BCUT2D eigenvalue weighted by molar-refractivity contribution is -0.141. The lowest BCUT2D eigenvalue weighted by Gasteiger charge is -2.28. The summed E-state index contributed by atoms with van der Waals surface area (Å²) in [6, 6.07) is 0.0764. The maximum absolute atomic E-state index is 12.3. The second-order valence-corrected chi connectivity index (χ2v) is 6.24. The Morgan fingerprint density at radius 3 is 2.35 bits per heavy atom. The normalized spacial score (nSPS) is 20.4. The maximum atomic E-state index is 12.3. The molecule has 0 saturated heterocycles. The molecule has 0 heterocycles. The molecule has 1 rings (SSSR count). The summed E-state index contributed by atoms with van der Waals surface area (Å²) in [4.78, 5) is 23.1. The molecule has 0 aromatic rings. The van der Waals surface area contributed by atoms with E-state index in [0.717, 1.165) is 38.5 Å². The summed E-state index contributed by atoms with van der Waals surface area (Å²) < 4.78 is 0. The smallest absolute Gasteiger partial charge is 0.306 e. The Labute approximate surface area is 121 Å². The lowest BCUT2D eigenvalue weighted by atomic mass is 9.85. The zero-order valence-electron chi connectivity index (χ0n) is 12.7. The van der Waals surface area contributed by atoms with Crippen LogP contribution >= 0.6 is 0 Å². The molecule has 0 aliphatic heterocycles. The van der Waals surface area contributed by atoms with E-state index < -0.39 is 5.97 Å². The molecule has 0 bridgehead atoms. The summed E-state index contributed by atoms with van der Waals surface area (Å²) >= 11 is 0. The Kier molecular flexibility index (Phi) is 6.46. The highest BCUT2D eigenvalue weighted by Gasteiger charge is 2.40. The molecule has 0 aromatic carbocycles. The van der Waals surface area contributed by atoms with Crippen molar-refractivity contribution in [2.45, 2.75) is 64.8 Å². The highest BCUT2D eigenvalue weighted by Crippen LogP contribution is 2.37. The van der Waals surface area contributed by atoms with Crippen molar-refractivity contribution in [3.05, 3.63) is 0 Å². The highest BCUT2D eigenvalue weighted by atomic mass is 16.4. The number of carboxylic acid groups (broad SMARTS) is 1. The zero-order chi connectivity index (χ0) is 15.2. The molecular weight excluding hydrogens is 256 g/mol. The molecule has 116 valence electrons. The molecule has 5 nitrogen and oxygen atoms in total. The van der Waals surface area contributed by atoms with Gasteiger partial charge in [0.15, 0.2) is 0 Å². The number of carboxylic acids is 1. The number of nitrogens with one attached hydrogen (secondary N) is 1. The second-order valence-electron chi connectivity index (χ2n) is 6.24. The first-order chi connectivity index (χ1) is 9.41. The minimum absolute atomic E-state index is 0.0764. The van der Waals surface area contributed by atoms with Gasteiger partial charge in [0.05, 0.1) is 11.3 Å². The third-order valence-electron chi connectivity index (χ3n) is 4.51. The highest BCUT2D eigenvalue weighted by molar-refractivity contribution is 5.83. The van der Waals surface area contributed by atoms with Gasteiger partial charge in [-0.05, 0) is 32.6 Å². The fourth-order valence-electron chi connectivity index (χ4n) is 2.88. The number of amides is 1. The topological polar surface area (TPSA) is 92.4 Å². The van der Waals surface area contributed by atoms with E-state index >= 15 is 0 Å². The van der Waals surface area contributed by atoms with Crippen molar-refractivity contribution < 1.29 is 14.7 Å². The van der Waals surface area contributed by atoms with Crippen molar-refractivity contribution in [1.82, 2.24) is 5.32 Å². The van der Waals surface area contributed by atoms with Crippen molar-refractivity contribution in [3.63, 3.8) is 0 Å². The number of carbonyl (C=O) groups is 2. The molecule has 0 aromatic heterocycles. The Bertz CT molecular complexity index is 338. The van der Waals surface area contributed by atoms with Crippen LogP contribution in [0.2, 0.25) is 0 Å². The Hall–Kier alpha value is -1.10. The van der Waals surface area contributed by atoms with Crippen LogP contribution < -0.4 is 11.1 Å². The predicted molar refractivity (Wildman–Crippen MR) is 78.2 cm³/mol. The minimum atomic E-state index is -0.755. The first-order valence-corrected chi connectivity index (χ1v) is 7.65. The van der Waals surface area contributed by atoms with Gasteiger partial charge in [-0.3, -0.25) is 9.59 Å². The standard InChI is InChI=1S/C15H28N2O3/c1-11(13(18)19)6-5-7-12(2)17-14(20)15(10-16)8-3-4-9-15/h11-12H,3-10,16H2,1-2H3,(H,17,20)(H,18,19). The molecule has 20 heavy (non-hydrogen) atoms. The molecule has 1 aliphatic rings. The van der Waals surface area contributed by atoms with Gasteiger partial charge in [0.1, 0.15) is 0 Å². The largest absolute Gasteiger partial charge is 0.481 e. The first kappa shape index (κ1) is 17.0. The third-order valence-corrected chi connectivity index (χ3v) is 4.51. The summed E-state index contributed by atoms with van der Waals surface area (Å²) in [5.74, 6) is -0.992. The fourth-order valence-corrected chi connectivity index (χ4v) is 2.88. The molecule has 2 unspecified atom stereocenters. The Morgan fingerprint density at radius 2 is 1.85 bits per heavy atom. The van der Waals surface area contributed by atoms with Crippen LogP contribution in [0.3, 0.4) is 0 Å². The van der Waals surface area contributed by atoms with Crippen molar-refractivity contribution in [2.75, 3.05) is 6.54 Å². The van der Waals surface area contributed by atoms with Crippen molar-refractivity contribution in [2.24, 2.45) is 17.1 Å². The Balaban J connectivity index is 2.32. The van der Waals surface area contributed by atoms with E-state index in [2.05, 4.69) is 5.32 Å². The quantitative estimate of drug-likeness (QED) is 0.634. The van der Waals surface area contributed by atoms with Crippen LogP contribution in [0.25, 0.3) is 0 Å². The van der Waals surface area contributed by atoms with Gasteiger partial charge in [-0.1, -0.05) is 26.2 Å². The van der Waals surface area contributed by atoms with Crippen LogP contribution in [0.4, 0.5) is 0 Å². The van der Waals surface area contributed by atoms with Gasteiger partial charge in [-0.2, -0.15) is 0 Å². The number of rotatable bonds is 8. The number of carbonyl (C=O) groups excluding carboxylic acids is 1. The van der Waals surface area contributed by atoms with Gasteiger partial charge in [0.2, 0.25) is 5.91 Å². The molecule has 0 radical (unpaired) electrons. The van der Waals surface area contributed by atoms with Crippen LogP contribution in [0, 0.1) is 11.3 Å². The molecular formula is C15H28N2O3. The van der Waals surface area contributed by atoms with E-state index in [-0.39, 0.29) is 23.3 Å². The number of hydrogen-bond acceptors (Lipinski definition) is 3. The van der Waals surface area contributed by atoms with E-state index in [1.165, 1.54) is 0 Å². The summed E-state index contributed by atoms with van der Waals surface area (Å²) in [5.41, 5.74) is 5.43. The van der Waals surface area contributed by atoms with Crippen molar-refractivity contribution in [1.29, 1.82) is 0 Å². The van der Waals surface area contributed by atoms with E-state index in [0.29, 0.717) is 13.0 Å². The molecule has 1 saturated carbocycles. The molecule has 0 spiro atoms. The molecule has 1 fully saturated rings. The van der Waals surface area contributed by atoms with E-state index in [9.17, 15) is 9.59 Å². The second kappa shape index (κ2) is 7.62. The van der Waals surface area contributed by atoms with E-state index in [1.807, 2.05) is 6.92 Å². The van der Waals surface area contributed by atoms with Crippen LogP contribution in [0.5, 0.6) is 0 Å². The number of aliphatic carboxylic acids is 1. The van der Waals surface area contributed by atoms with Gasteiger partial charge in [-0.15, -0.1) is 0 Å². The average molecular weight is 284 g/mol. The van der Waals surface area contributed by atoms with E-state index in [4.69, 9.17) is 10.8 Å². The lowest BCUT2D eigenvalue weighted by Crippen LogP contribution is -2.47. The molecule has 5 heteroatoms. The van der Waals surface area contributed by atoms with Crippen LogP contribution in [0.15, 0.2) is 0 Å². The van der Waals surface area contributed by atoms with Gasteiger partial charge in [-0.25, -0.2) is 0 Å². The SMILES string of the molecule is CC(CCCC(C)C(=O)O)NC(=O)C1(CN)CCCC1.